The summed E-state index contributed by atoms with van der Waals surface area (Å²) in [4.78, 5) is 15.1. The Morgan fingerprint density at radius 3 is 2.74 bits per heavy atom. The number of fused-ring (bicyclic) bond motifs is 1. The van der Waals surface area contributed by atoms with E-state index in [-0.39, 0.29) is 12.1 Å². The molecule has 1 N–H and O–H groups in total. The summed E-state index contributed by atoms with van der Waals surface area (Å²) < 4.78 is 39.7. The van der Waals surface area contributed by atoms with Crippen molar-refractivity contribution in [2.24, 2.45) is 0 Å². The van der Waals surface area contributed by atoms with E-state index in [1.807, 2.05) is 0 Å². The summed E-state index contributed by atoms with van der Waals surface area (Å²) in [5.41, 5.74) is -0.443. The highest BCUT2D eigenvalue weighted by atomic mass is 79.9. The van der Waals surface area contributed by atoms with Crippen molar-refractivity contribution >= 4 is 27.2 Å². The summed E-state index contributed by atoms with van der Waals surface area (Å²) in [6.07, 6.45) is -3.36. The number of hydrogen-bond acceptors (Lipinski definition) is 3. The monoisotopic (exact) mass is 335 g/mol. The molecule has 0 aliphatic carbocycles. The fraction of sp³-hybridized carbons (Fsp3) is 0.273. The van der Waals surface area contributed by atoms with Crippen molar-refractivity contribution in [2.45, 2.75) is 12.7 Å². The zero-order valence-corrected chi connectivity index (χ0v) is 11.3. The van der Waals surface area contributed by atoms with Crippen molar-refractivity contribution in [2.75, 3.05) is 7.05 Å². The van der Waals surface area contributed by atoms with Crippen LogP contribution in [0.3, 0.4) is 0 Å². The van der Waals surface area contributed by atoms with E-state index in [1.54, 1.807) is 19.3 Å². The van der Waals surface area contributed by atoms with Gasteiger partial charge in [-0.1, -0.05) is 0 Å². The van der Waals surface area contributed by atoms with E-state index in [1.165, 1.54) is 10.5 Å². The molecule has 0 saturated heterocycles. The quantitative estimate of drug-likeness (QED) is 0.877. The average Bonchev–Trinajstić information content (AvgIpc) is 2.66. The molecule has 0 unspecified atom stereocenters. The minimum absolute atomic E-state index is 0.135. The number of carbonyl (C=O) groups is 1. The SMILES string of the molecule is CNCc1nc(C(=O)C(F)(F)F)c2ccc(Br)cn12. The van der Waals surface area contributed by atoms with Crippen molar-refractivity contribution in [3.63, 3.8) is 0 Å². The third kappa shape index (κ3) is 2.64. The van der Waals surface area contributed by atoms with Gasteiger partial charge in [0.05, 0.1) is 12.1 Å². The van der Waals surface area contributed by atoms with Crippen LogP contribution in [0.1, 0.15) is 16.3 Å². The van der Waals surface area contributed by atoms with Crippen LogP contribution in [0.5, 0.6) is 0 Å². The number of alkyl halides is 3. The molecule has 102 valence electrons. The molecule has 0 aromatic carbocycles. The molecule has 2 aromatic rings. The third-order valence-electron chi connectivity index (χ3n) is 2.48. The van der Waals surface area contributed by atoms with Crippen LogP contribution in [-0.4, -0.2) is 28.4 Å². The van der Waals surface area contributed by atoms with Crippen LogP contribution in [0.4, 0.5) is 13.2 Å². The standard InChI is InChI=1S/C11H9BrF3N3O/c1-16-4-8-17-9(10(19)11(13,14)15)7-3-2-6(12)5-18(7)8/h2-3,5,16H,4H2,1H3. The minimum atomic E-state index is -4.93. The van der Waals surface area contributed by atoms with Gasteiger partial charge >= 0.3 is 6.18 Å². The van der Waals surface area contributed by atoms with Crippen molar-refractivity contribution in [1.29, 1.82) is 0 Å². The highest BCUT2D eigenvalue weighted by Gasteiger charge is 2.42. The van der Waals surface area contributed by atoms with Gasteiger partial charge in [0, 0.05) is 10.7 Å². The Bertz CT molecular complexity index is 636. The van der Waals surface area contributed by atoms with Gasteiger partial charge in [-0.3, -0.25) is 4.79 Å². The first-order chi connectivity index (χ1) is 8.84. The van der Waals surface area contributed by atoms with E-state index in [0.717, 1.165) is 0 Å². The minimum Gasteiger partial charge on any atom is -0.313 e. The summed E-state index contributed by atoms with van der Waals surface area (Å²) >= 11 is 3.23. The van der Waals surface area contributed by atoms with Gasteiger partial charge < -0.3 is 9.72 Å². The molecule has 0 aliphatic heterocycles. The fourth-order valence-electron chi connectivity index (χ4n) is 1.71. The molecule has 2 aromatic heterocycles. The predicted octanol–water partition coefficient (Wildman–Crippen LogP) is 2.56. The molecule has 0 amide bonds. The molecule has 0 spiro atoms. The number of nitrogens with zero attached hydrogens (tertiary/aromatic N) is 2. The van der Waals surface area contributed by atoms with Crippen molar-refractivity contribution in [3.05, 3.63) is 34.3 Å². The van der Waals surface area contributed by atoms with Gasteiger partial charge in [0.1, 0.15) is 11.5 Å². The Kier molecular flexibility index (Phi) is 3.64. The maximum Gasteiger partial charge on any atom is 0.456 e. The second-order valence-electron chi connectivity index (χ2n) is 3.84. The largest absolute Gasteiger partial charge is 0.456 e. The van der Waals surface area contributed by atoms with Crippen molar-refractivity contribution in [3.8, 4) is 0 Å². The summed E-state index contributed by atoms with van der Waals surface area (Å²) in [6.45, 7) is 0.253. The van der Waals surface area contributed by atoms with Crippen LogP contribution in [0, 0.1) is 0 Å². The highest BCUT2D eigenvalue weighted by molar-refractivity contribution is 9.10. The Labute approximate surface area is 114 Å². The van der Waals surface area contributed by atoms with Gasteiger partial charge in [0.15, 0.2) is 0 Å². The van der Waals surface area contributed by atoms with Crippen LogP contribution in [-0.2, 0) is 6.54 Å². The smallest absolute Gasteiger partial charge is 0.313 e. The summed E-state index contributed by atoms with van der Waals surface area (Å²) in [5, 5.41) is 2.80. The number of aromatic nitrogens is 2. The lowest BCUT2D eigenvalue weighted by atomic mass is 10.2. The normalized spacial score (nSPS) is 12.1. The Balaban J connectivity index is 2.66. The van der Waals surface area contributed by atoms with Gasteiger partial charge in [0.25, 0.3) is 5.78 Å². The molecule has 0 atom stereocenters. The lowest BCUT2D eigenvalue weighted by Gasteiger charge is -2.02. The average molecular weight is 336 g/mol. The van der Waals surface area contributed by atoms with Crippen LogP contribution in [0.2, 0.25) is 0 Å². The molecule has 4 nitrogen and oxygen atoms in total. The number of rotatable bonds is 3. The molecule has 8 heteroatoms. The molecule has 0 bridgehead atoms. The summed E-state index contributed by atoms with van der Waals surface area (Å²) in [6, 6.07) is 2.99. The second kappa shape index (κ2) is 4.93. The Morgan fingerprint density at radius 2 is 2.16 bits per heavy atom. The maximum atomic E-state index is 12.5. The van der Waals surface area contributed by atoms with Gasteiger partial charge in [-0.05, 0) is 35.1 Å². The predicted molar refractivity (Wildman–Crippen MR) is 66.0 cm³/mol. The first-order valence-corrected chi connectivity index (χ1v) is 6.06. The van der Waals surface area contributed by atoms with Crippen LogP contribution >= 0.6 is 15.9 Å². The lowest BCUT2D eigenvalue weighted by Crippen LogP contribution is -2.23. The maximum absolute atomic E-state index is 12.5. The molecule has 0 fully saturated rings. The topological polar surface area (TPSA) is 46.4 Å². The van der Waals surface area contributed by atoms with Gasteiger partial charge in [-0.15, -0.1) is 0 Å². The molecular formula is C11H9BrF3N3O. The fourth-order valence-corrected chi connectivity index (χ4v) is 2.04. The van der Waals surface area contributed by atoms with E-state index in [2.05, 4.69) is 26.2 Å². The molecule has 19 heavy (non-hydrogen) atoms. The van der Waals surface area contributed by atoms with E-state index in [0.29, 0.717) is 10.3 Å². The van der Waals surface area contributed by atoms with E-state index in [4.69, 9.17) is 0 Å². The number of halogens is 4. The van der Waals surface area contributed by atoms with Crippen LogP contribution in [0.25, 0.3) is 5.52 Å². The Morgan fingerprint density at radius 1 is 1.47 bits per heavy atom. The first-order valence-electron chi connectivity index (χ1n) is 5.27. The van der Waals surface area contributed by atoms with Gasteiger partial charge in [-0.2, -0.15) is 13.2 Å². The summed E-state index contributed by atoms with van der Waals surface area (Å²) in [5.74, 6) is -1.60. The zero-order valence-electron chi connectivity index (χ0n) is 9.75. The number of pyridine rings is 1. The number of ketones is 1. The van der Waals surface area contributed by atoms with Crippen LogP contribution in [0.15, 0.2) is 22.8 Å². The molecule has 2 rings (SSSR count). The van der Waals surface area contributed by atoms with E-state index in [9.17, 15) is 18.0 Å². The number of imidazole rings is 1. The number of nitrogens with one attached hydrogen (secondary N) is 1. The number of hydrogen-bond donors (Lipinski definition) is 1. The lowest BCUT2D eigenvalue weighted by molar-refractivity contribution is -0.0887. The van der Waals surface area contributed by atoms with E-state index < -0.39 is 17.7 Å². The third-order valence-corrected chi connectivity index (χ3v) is 2.95. The van der Waals surface area contributed by atoms with Gasteiger partial charge in [-0.25, -0.2) is 4.98 Å². The van der Waals surface area contributed by atoms with Crippen LogP contribution < -0.4 is 5.32 Å². The first kappa shape index (κ1) is 14.0. The second-order valence-corrected chi connectivity index (χ2v) is 4.75. The molecular weight excluding hydrogens is 327 g/mol. The van der Waals surface area contributed by atoms with E-state index >= 15 is 0 Å². The Hall–Kier alpha value is -1.41. The zero-order chi connectivity index (χ0) is 14.2. The number of Topliss-reactive ketones (excluding diaryl/α,β-unsaturated/α-hetero) is 1. The molecule has 0 aliphatic rings. The van der Waals surface area contributed by atoms with Crippen molar-refractivity contribution < 1.29 is 18.0 Å². The summed E-state index contributed by atoms with van der Waals surface area (Å²) in [7, 11) is 1.64. The highest BCUT2D eigenvalue weighted by Crippen LogP contribution is 2.25. The van der Waals surface area contributed by atoms with Crippen molar-refractivity contribution in [1.82, 2.24) is 14.7 Å². The molecule has 0 saturated carbocycles. The molecule has 0 radical (unpaired) electrons. The molecule has 2 heterocycles. The van der Waals surface area contributed by atoms with Gasteiger partial charge in [0.2, 0.25) is 0 Å². The number of carbonyl (C=O) groups excluding carboxylic acids is 1.